The zero-order valence-corrected chi connectivity index (χ0v) is 18.8. The monoisotopic (exact) mass is 492 g/mol. The van der Waals surface area contributed by atoms with Crippen LogP contribution < -0.4 is 16.2 Å². The number of rotatable bonds is 5. The van der Waals surface area contributed by atoms with Crippen molar-refractivity contribution in [2.24, 2.45) is 0 Å². The maximum absolute atomic E-state index is 13.1. The molecule has 0 unspecified atom stereocenters. The summed E-state index contributed by atoms with van der Waals surface area (Å²) in [6.45, 7) is 3.87. The smallest absolute Gasteiger partial charge is 0.345 e. The number of carbonyl (C=O) groups excluding carboxylic acids is 1. The van der Waals surface area contributed by atoms with Gasteiger partial charge in [-0.25, -0.2) is 14.4 Å². The summed E-state index contributed by atoms with van der Waals surface area (Å²) < 4.78 is 53.5. The normalized spacial score (nSPS) is 12.3. The summed E-state index contributed by atoms with van der Waals surface area (Å²) in [4.78, 5) is 37.5. The number of alkyl halides is 3. The van der Waals surface area contributed by atoms with Crippen LogP contribution in [-0.2, 0) is 16.8 Å². The van der Waals surface area contributed by atoms with Crippen molar-refractivity contribution in [3.63, 3.8) is 0 Å². The highest BCUT2D eigenvalue weighted by atomic mass is 19.4. The third-order valence-corrected chi connectivity index (χ3v) is 4.93. The lowest BCUT2D eigenvalue weighted by Crippen LogP contribution is -2.27. The lowest BCUT2D eigenvalue weighted by Gasteiger charge is -2.14. The number of nitrogens with one attached hydrogen (secondary N) is 2. The molecule has 4 aromatic rings. The average molecular weight is 492 g/mol. The minimum absolute atomic E-state index is 0.0497. The van der Waals surface area contributed by atoms with Gasteiger partial charge in [0, 0.05) is 17.7 Å². The van der Waals surface area contributed by atoms with Crippen LogP contribution in [0.1, 0.15) is 26.5 Å². The summed E-state index contributed by atoms with van der Waals surface area (Å²) in [6, 6.07) is 3.99. The van der Waals surface area contributed by atoms with Crippen LogP contribution in [0.15, 0.2) is 35.4 Å². The first kappa shape index (κ1) is 24.0. The highest BCUT2D eigenvalue weighted by Gasteiger charge is 2.28. The van der Waals surface area contributed by atoms with Gasteiger partial charge in [-0.15, -0.1) is 0 Å². The second kappa shape index (κ2) is 8.60. The van der Waals surface area contributed by atoms with E-state index in [-0.39, 0.29) is 28.4 Å². The van der Waals surface area contributed by atoms with Crippen molar-refractivity contribution in [2.45, 2.75) is 38.9 Å². The predicted octanol–water partition coefficient (Wildman–Crippen LogP) is 2.88. The Morgan fingerprint density at radius 1 is 1.11 bits per heavy atom. The third-order valence-electron chi connectivity index (χ3n) is 4.93. The molecule has 0 aromatic carbocycles. The standard InChI is InChI=1S/C21H20F4N8O2/c1-20(2,3)13-6-16-32(9-15(34)29-14-5-4-11(22)7-26-14)17-12(18(35)33(16)31-13)8-27-19(30-17)28-10-21(23,24)25/h4-8H,9-10H2,1-3H3,(H,26,29,34)(H,27,28,30). The van der Waals surface area contributed by atoms with Crippen molar-refractivity contribution < 1.29 is 22.4 Å². The quantitative estimate of drug-likeness (QED) is 0.411. The summed E-state index contributed by atoms with van der Waals surface area (Å²) in [6.07, 6.45) is -2.50. The van der Waals surface area contributed by atoms with Crippen molar-refractivity contribution >= 4 is 34.4 Å². The van der Waals surface area contributed by atoms with Crippen LogP contribution in [-0.4, -0.2) is 47.8 Å². The fourth-order valence-corrected chi connectivity index (χ4v) is 3.23. The maximum Gasteiger partial charge on any atom is 0.405 e. The first-order chi connectivity index (χ1) is 16.3. The molecule has 0 saturated heterocycles. The van der Waals surface area contributed by atoms with Crippen molar-refractivity contribution in [3.8, 4) is 0 Å². The Morgan fingerprint density at radius 2 is 1.86 bits per heavy atom. The number of carbonyl (C=O) groups is 1. The van der Waals surface area contributed by atoms with Gasteiger partial charge in [-0.3, -0.25) is 9.59 Å². The van der Waals surface area contributed by atoms with E-state index in [1.54, 1.807) is 6.07 Å². The Balaban J connectivity index is 1.84. The molecule has 0 fully saturated rings. The Bertz CT molecular complexity index is 1470. The van der Waals surface area contributed by atoms with Gasteiger partial charge in [0.05, 0.1) is 11.9 Å². The van der Waals surface area contributed by atoms with Crippen molar-refractivity contribution in [1.29, 1.82) is 0 Å². The zero-order chi connectivity index (χ0) is 25.5. The molecule has 0 spiro atoms. The molecule has 0 aliphatic carbocycles. The first-order valence-electron chi connectivity index (χ1n) is 10.3. The van der Waals surface area contributed by atoms with Gasteiger partial charge in [0.25, 0.3) is 5.56 Å². The van der Waals surface area contributed by atoms with Gasteiger partial charge >= 0.3 is 6.18 Å². The third kappa shape index (κ3) is 5.20. The molecule has 0 bridgehead atoms. The minimum atomic E-state index is -4.52. The van der Waals surface area contributed by atoms with E-state index < -0.39 is 42.0 Å². The van der Waals surface area contributed by atoms with Crippen LogP contribution in [0.25, 0.3) is 16.7 Å². The lowest BCUT2D eigenvalue weighted by atomic mass is 9.93. The Kier molecular flexibility index (Phi) is 5.90. The van der Waals surface area contributed by atoms with E-state index in [0.717, 1.165) is 23.0 Å². The molecule has 2 N–H and O–H groups in total. The fraction of sp³-hybridized carbons (Fsp3) is 0.333. The summed E-state index contributed by atoms with van der Waals surface area (Å²) in [7, 11) is 0. The van der Waals surface area contributed by atoms with E-state index in [0.29, 0.717) is 5.69 Å². The number of nitrogens with zero attached hydrogens (tertiary/aromatic N) is 6. The average Bonchev–Trinajstić information content (AvgIpc) is 3.22. The molecular formula is C21H20F4N8O2. The summed E-state index contributed by atoms with van der Waals surface area (Å²) in [5.41, 5.74) is -0.360. The Labute approximate surface area is 195 Å². The number of halogens is 4. The number of hydrogen-bond acceptors (Lipinski definition) is 7. The second-order valence-electron chi connectivity index (χ2n) is 8.75. The minimum Gasteiger partial charge on any atom is -0.345 e. The fourth-order valence-electron chi connectivity index (χ4n) is 3.23. The molecule has 0 aliphatic rings. The number of fused-ring (bicyclic) bond motifs is 2. The van der Waals surface area contributed by atoms with Gasteiger partial charge in [-0.05, 0) is 12.1 Å². The van der Waals surface area contributed by atoms with Gasteiger partial charge in [0.2, 0.25) is 11.9 Å². The molecule has 0 saturated carbocycles. The molecule has 4 aromatic heterocycles. The number of pyridine rings is 1. The molecule has 10 nitrogen and oxygen atoms in total. The summed E-state index contributed by atoms with van der Waals surface area (Å²) in [5.74, 6) is -1.47. The van der Waals surface area contributed by atoms with Crippen molar-refractivity contribution in [3.05, 3.63) is 52.5 Å². The molecule has 35 heavy (non-hydrogen) atoms. The zero-order valence-electron chi connectivity index (χ0n) is 18.8. The van der Waals surface area contributed by atoms with Crippen LogP contribution >= 0.6 is 0 Å². The van der Waals surface area contributed by atoms with Crippen LogP contribution in [0.2, 0.25) is 0 Å². The molecule has 184 valence electrons. The lowest BCUT2D eigenvalue weighted by molar-refractivity contribution is -0.117. The van der Waals surface area contributed by atoms with E-state index >= 15 is 0 Å². The summed E-state index contributed by atoms with van der Waals surface area (Å²) >= 11 is 0. The van der Waals surface area contributed by atoms with Gasteiger partial charge in [-0.1, -0.05) is 20.8 Å². The Hall–Kier alpha value is -4.10. The molecule has 4 heterocycles. The van der Waals surface area contributed by atoms with E-state index in [2.05, 4.69) is 30.7 Å². The molecule has 14 heteroatoms. The van der Waals surface area contributed by atoms with Gasteiger partial charge < -0.3 is 15.2 Å². The number of amides is 1. The molecule has 0 atom stereocenters. The molecule has 0 radical (unpaired) electrons. The SMILES string of the molecule is CC(C)(C)c1cc2n(CC(=O)Nc3ccc(F)cn3)c3nc(NCC(F)(F)F)ncc3c(=O)n2n1. The highest BCUT2D eigenvalue weighted by Crippen LogP contribution is 2.23. The van der Waals surface area contributed by atoms with Crippen molar-refractivity contribution in [2.75, 3.05) is 17.2 Å². The van der Waals surface area contributed by atoms with E-state index in [9.17, 15) is 27.2 Å². The Morgan fingerprint density at radius 3 is 2.49 bits per heavy atom. The van der Waals surface area contributed by atoms with Gasteiger partial charge in [-0.2, -0.15) is 27.8 Å². The maximum atomic E-state index is 13.1. The topological polar surface area (TPSA) is 119 Å². The van der Waals surface area contributed by atoms with Crippen molar-refractivity contribution in [1.82, 2.24) is 29.1 Å². The molecule has 4 rings (SSSR count). The van der Waals surface area contributed by atoms with E-state index in [1.807, 2.05) is 20.8 Å². The van der Waals surface area contributed by atoms with Crippen LogP contribution in [0.4, 0.5) is 29.3 Å². The second-order valence-corrected chi connectivity index (χ2v) is 8.75. The number of hydrogen-bond donors (Lipinski definition) is 2. The predicted molar refractivity (Wildman–Crippen MR) is 119 cm³/mol. The van der Waals surface area contributed by atoms with Gasteiger partial charge in [0.15, 0.2) is 5.65 Å². The van der Waals surface area contributed by atoms with E-state index in [4.69, 9.17) is 0 Å². The van der Waals surface area contributed by atoms with Gasteiger partial charge in [0.1, 0.15) is 35.8 Å². The first-order valence-corrected chi connectivity index (χ1v) is 10.3. The van der Waals surface area contributed by atoms with E-state index in [1.165, 1.54) is 10.6 Å². The summed E-state index contributed by atoms with van der Waals surface area (Å²) in [5, 5.41) is 8.89. The number of anilines is 2. The highest BCUT2D eigenvalue weighted by molar-refractivity contribution is 5.91. The van der Waals surface area contributed by atoms with Crippen LogP contribution in [0.5, 0.6) is 0 Å². The largest absolute Gasteiger partial charge is 0.405 e. The molecule has 1 amide bonds. The number of aromatic nitrogens is 6. The van der Waals surface area contributed by atoms with Crippen LogP contribution in [0.3, 0.4) is 0 Å². The van der Waals surface area contributed by atoms with Crippen LogP contribution in [0, 0.1) is 5.82 Å². The molecule has 0 aliphatic heterocycles. The molecular weight excluding hydrogens is 472 g/mol.